The van der Waals surface area contributed by atoms with Crippen molar-refractivity contribution in [2.24, 2.45) is 7.05 Å². The molecule has 152 valence electrons. The summed E-state index contributed by atoms with van der Waals surface area (Å²) >= 11 is 6.40. The van der Waals surface area contributed by atoms with Crippen LogP contribution in [-0.2, 0) is 23.6 Å². The summed E-state index contributed by atoms with van der Waals surface area (Å²) in [7, 11) is 2.59. The summed E-state index contributed by atoms with van der Waals surface area (Å²) < 4.78 is 14.4. The molecule has 7 heteroatoms. The second-order valence-corrected chi connectivity index (χ2v) is 9.41. The molecule has 0 saturated heterocycles. The number of benzene rings is 2. The fourth-order valence-electron chi connectivity index (χ4n) is 4.14. The summed E-state index contributed by atoms with van der Waals surface area (Å²) in [6.07, 6.45) is 3.70. The smallest absolute Gasteiger partial charge is 0.221 e. The maximum Gasteiger partial charge on any atom is 0.221 e. The van der Waals surface area contributed by atoms with Crippen molar-refractivity contribution in [3.8, 4) is 0 Å². The Kier molecular flexibility index (Phi) is 5.86. The van der Waals surface area contributed by atoms with Crippen molar-refractivity contribution in [3.63, 3.8) is 0 Å². The maximum absolute atomic E-state index is 12.7. The fraction of sp³-hybridized carbons (Fsp3) is 0.364. The summed E-state index contributed by atoms with van der Waals surface area (Å²) in [6.45, 7) is 2.03. The first-order valence-electron chi connectivity index (χ1n) is 9.76. The largest absolute Gasteiger partial charge is 0.313 e. The van der Waals surface area contributed by atoms with Crippen LogP contribution in [0.4, 0.5) is 0 Å². The van der Waals surface area contributed by atoms with Crippen LogP contribution >= 0.6 is 11.6 Å². The lowest BCUT2D eigenvalue weighted by Crippen LogP contribution is -2.24. The predicted octanol–water partition coefficient (Wildman–Crippen LogP) is 4.27. The Balaban J connectivity index is 1.67. The van der Waals surface area contributed by atoms with E-state index in [2.05, 4.69) is 51.9 Å². The molecule has 5 nitrogen and oxygen atoms in total. The monoisotopic (exact) mass is 428 g/mol. The number of hydrogen-bond donors (Lipinski definition) is 1. The molecule has 0 fully saturated rings. The van der Waals surface area contributed by atoms with Crippen molar-refractivity contribution < 1.29 is 4.21 Å². The van der Waals surface area contributed by atoms with Crippen molar-refractivity contribution in [2.45, 2.75) is 42.6 Å². The van der Waals surface area contributed by atoms with Crippen molar-refractivity contribution in [2.75, 3.05) is 7.05 Å². The van der Waals surface area contributed by atoms with E-state index in [9.17, 15) is 4.21 Å². The Hall–Kier alpha value is -2.02. The molecule has 4 rings (SSSR count). The van der Waals surface area contributed by atoms with E-state index in [4.69, 9.17) is 11.6 Å². The summed E-state index contributed by atoms with van der Waals surface area (Å²) in [4.78, 5) is 0. The van der Waals surface area contributed by atoms with Crippen LogP contribution in [0.3, 0.4) is 0 Å². The Bertz CT molecular complexity index is 1060. The van der Waals surface area contributed by atoms with E-state index in [1.807, 2.05) is 21.0 Å². The molecule has 29 heavy (non-hydrogen) atoms. The number of hydrogen-bond acceptors (Lipinski definition) is 4. The van der Waals surface area contributed by atoms with E-state index in [-0.39, 0.29) is 0 Å². The van der Waals surface area contributed by atoms with Gasteiger partial charge in [-0.25, -0.2) is 0 Å². The molecular weight excluding hydrogens is 404 g/mol. The lowest BCUT2D eigenvalue weighted by atomic mass is 9.76. The topological polar surface area (TPSA) is 59.8 Å². The molecule has 3 atom stereocenters. The van der Waals surface area contributed by atoms with Crippen molar-refractivity contribution >= 4 is 22.4 Å². The van der Waals surface area contributed by atoms with Gasteiger partial charge < -0.3 is 9.88 Å². The van der Waals surface area contributed by atoms with Gasteiger partial charge >= 0.3 is 0 Å². The van der Waals surface area contributed by atoms with Crippen LogP contribution in [0, 0.1) is 6.92 Å². The van der Waals surface area contributed by atoms with E-state index in [1.165, 1.54) is 16.7 Å². The van der Waals surface area contributed by atoms with Crippen LogP contribution < -0.4 is 5.32 Å². The van der Waals surface area contributed by atoms with Gasteiger partial charge in [-0.15, -0.1) is 10.2 Å². The SMILES string of the molecule is CN[C@H]1CC[C@@H](c2ccc(C)c(Cl)c2)c2ccc(CS(=O)c3nncn3C)cc21. The van der Waals surface area contributed by atoms with E-state index in [0.717, 1.165) is 29.0 Å². The third-order valence-corrected chi connectivity index (χ3v) is 7.54. The molecule has 0 amide bonds. The lowest BCUT2D eigenvalue weighted by Gasteiger charge is -2.32. The predicted molar refractivity (Wildman–Crippen MR) is 117 cm³/mol. The molecule has 1 heterocycles. The van der Waals surface area contributed by atoms with Crippen LogP contribution in [0.25, 0.3) is 0 Å². The number of aromatic nitrogens is 3. The molecular formula is C22H25ClN4OS. The summed E-state index contributed by atoms with van der Waals surface area (Å²) in [5.74, 6) is 0.753. The van der Waals surface area contributed by atoms with Gasteiger partial charge in [-0.05, 0) is 60.7 Å². The molecule has 0 bridgehead atoms. The molecule has 1 aromatic heterocycles. The zero-order chi connectivity index (χ0) is 20.5. The van der Waals surface area contributed by atoms with Crippen LogP contribution in [0.1, 0.15) is 52.6 Å². The van der Waals surface area contributed by atoms with Gasteiger partial charge in [0.15, 0.2) is 0 Å². The van der Waals surface area contributed by atoms with E-state index < -0.39 is 10.8 Å². The van der Waals surface area contributed by atoms with Crippen LogP contribution in [0.15, 0.2) is 47.9 Å². The number of halogens is 1. The zero-order valence-corrected chi connectivity index (χ0v) is 18.4. The Morgan fingerprint density at radius 2 is 2.03 bits per heavy atom. The second-order valence-electron chi connectivity index (χ2n) is 7.66. The highest BCUT2D eigenvalue weighted by molar-refractivity contribution is 7.84. The summed E-state index contributed by atoms with van der Waals surface area (Å²) in [5.41, 5.74) is 6.01. The van der Waals surface area contributed by atoms with E-state index >= 15 is 0 Å². The van der Waals surface area contributed by atoms with Gasteiger partial charge in [0.05, 0.1) is 16.6 Å². The minimum absolute atomic E-state index is 0.297. The molecule has 0 radical (unpaired) electrons. The third kappa shape index (κ3) is 4.02. The minimum atomic E-state index is -1.23. The fourth-order valence-corrected chi connectivity index (χ4v) is 5.45. The normalized spacial score (nSPS) is 19.7. The molecule has 0 spiro atoms. The summed E-state index contributed by atoms with van der Waals surface area (Å²) in [5, 5.41) is 12.6. The molecule has 1 aliphatic carbocycles. The number of fused-ring (bicyclic) bond motifs is 1. The average Bonchev–Trinajstić information content (AvgIpc) is 3.15. The third-order valence-electron chi connectivity index (χ3n) is 5.76. The lowest BCUT2D eigenvalue weighted by molar-refractivity contribution is 0.470. The number of nitrogens with zero attached hydrogens (tertiary/aromatic N) is 3. The van der Waals surface area contributed by atoms with Crippen molar-refractivity contribution in [1.82, 2.24) is 20.1 Å². The molecule has 3 aromatic rings. The summed E-state index contributed by atoms with van der Waals surface area (Å²) in [6, 6.07) is 13.2. The average molecular weight is 429 g/mol. The highest BCUT2D eigenvalue weighted by atomic mass is 35.5. The van der Waals surface area contributed by atoms with Crippen molar-refractivity contribution in [3.05, 3.63) is 75.6 Å². The van der Waals surface area contributed by atoms with Gasteiger partial charge in [-0.3, -0.25) is 4.21 Å². The molecule has 2 aromatic carbocycles. The van der Waals surface area contributed by atoms with Gasteiger partial charge in [0.1, 0.15) is 6.33 Å². The second kappa shape index (κ2) is 8.38. The zero-order valence-electron chi connectivity index (χ0n) is 16.9. The Morgan fingerprint density at radius 3 is 2.72 bits per heavy atom. The van der Waals surface area contributed by atoms with Gasteiger partial charge in [0, 0.05) is 24.0 Å². The highest BCUT2D eigenvalue weighted by Crippen LogP contribution is 2.42. The van der Waals surface area contributed by atoms with Crippen LogP contribution in [0.2, 0.25) is 5.02 Å². The Labute approximate surface area is 179 Å². The van der Waals surface area contributed by atoms with Gasteiger partial charge in [0.25, 0.3) is 0 Å². The molecule has 1 N–H and O–H groups in total. The van der Waals surface area contributed by atoms with Crippen LogP contribution in [0.5, 0.6) is 0 Å². The molecule has 0 aliphatic heterocycles. The van der Waals surface area contributed by atoms with E-state index in [0.29, 0.717) is 22.9 Å². The minimum Gasteiger partial charge on any atom is -0.313 e. The maximum atomic E-state index is 12.7. The van der Waals surface area contributed by atoms with Crippen molar-refractivity contribution in [1.29, 1.82) is 0 Å². The molecule has 1 unspecified atom stereocenters. The first-order chi connectivity index (χ1) is 14.0. The number of rotatable bonds is 5. The molecule has 1 aliphatic rings. The van der Waals surface area contributed by atoms with E-state index in [1.54, 1.807) is 10.9 Å². The number of nitrogens with one attached hydrogen (secondary N) is 1. The first-order valence-corrected chi connectivity index (χ1v) is 11.5. The standard InChI is InChI=1S/C22H25ClN4OS/c1-14-4-6-16(11-20(14)23)17-8-9-21(24-2)19-10-15(5-7-18(17)19)12-29(28)22-26-25-13-27(22)3/h4-7,10-11,13,17,21,24H,8-9,12H2,1-3H3/t17-,21-,29?/m0/s1. The first kappa shape index (κ1) is 20.3. The quantitative estimate of drug-likeness (QED) is 0.659. The van der Waals surface area contributed by atoms with Crippen LogP contribution in [-0.4, -0.2) is 26.0 Å². The van der Waals surface area contributed by atoms with Gasteiger partial charge in [-0.2, -0.15) is 0 Å². The highest BCUT2D eigenvalue weighted by Gasteiger charge is 2.28. The number of aryl methyl sites for hydroxylation is 2. The molecule has 0 saturated carbocycles. The Morgan fingerprint density at radius 1 is 1.21 bits per heavy atom. The van der Waals surface area contributed by atoms with Gasteiger partial charge in [0.2, 0.25) is 5.16 Å². The van der Waals surface area contributed by atoms with Gasteiger partial charge in [-0.1, -0.05) is 41.9 Å².